The largest absolute Gasteiger partial charge is 0.331 e. The molecule has 2 aromatic rings. The lowest BCUT2D eigenvalue weighted by Crippen LogP contribution is -2.42. The van der Waals surface area contributed by atoms with E-state index in [0.29, 0.717) is 5.02 Å². The topological polar surface area (TPSA) is 64.3 Å². The third-order valence-corrected chi connectivity index (χ3v) is 4.07. The van der Waals surface area contributed by atoms with Gasteiger partial charge in [0.05, 0.1) is 0 Å². The van der Waals surface area contributed by atoms with E-state index in [9.17, 15) is 14.4 Å². The molecule has 0 unspecified atom stereocenters. The van der Waals surface area contributed by atoms with Gasteiger partial charge in [-0.2, -0.15) is 0 Å². The lowest BCUT2D eigenvalue weighted by Gasteiger charge is -2.23. The standard InChI is InChI=1S/C17H18ClN3O3/c1-4-9-21(11-12-7-5-6-8-13(12)18)16(23)14-10-15(22)20(3)17(24)19(14)2/h4-8,10H,1,9,11H2,2-3H3. The molecule has 0 saturated carbocycles. The molecule has 1 aromatic carbocycles. The molecule has 0 saturated heterocycles. The van der Waals surface area contributed by atoms with E-state index in [1.165, 1.54) is 19.0 Å². The van der Waals surface area contributed by atoms with Crippen LogP contribution < -0.4 is 11.2 Å². The number of hydrogen-bond acceptors (Lipinski definition) is 3. The van der Waals surface area contributed by atoms with Crippen molar-refractivity contribution in [3.63, 3.8) is 0 Å². The van der Waals surface area contributed by atoms with Crippen molar-refractivity contribution in [2.24, 2.45) is 14.1 Å². The van der Waals surface area contributed by atoms with E-state index >= 15 is 0 Å². The van der Waals surface area contributed by atoms with E-state index in [-0.39, 0.29) is 18.8 Å². The van der Waals surface area contributed by atoms with Crippen molar-refractivity contribution < 1.29 is 4.79 Å². The molecular weight excluding hydrogens is 330 g/mol. The molecule has 0 aliphatic carbocycles. The normalized spacial score (nSPS) is 10.5. The molecule has 126 valence electrons. The fourth-order valence-electron chi connectivity index (χ4n) is 2.31. The van der Waals surface area contributed by atoms with Crippen LogP contribution in [-0.4, -0.2) is 26.5 Å². The molecule has 0 aliphatic heterocycles. The molecule has 0 N–H and O–H groups in total. The van der Waals surface area contributed by atoms with Gasteiger partial charge in [0.2, 0.25) is 0 Å². The summed E-state index contributed by atoms with van der Waals surface area (Å²) in [4.78, 5) is 38.2. The fourth-order valence-corrected chi connectivity index (χ4v) is 2.50. The van der Waals surface area contributed by atoms with Crippen LogP contribution in [0.3, 0.4) is 0 Å². The zero-order valence-corrected chi connectivity index (χ0v) is 14.3. The van der Waals surface area contributed by atoms with Gasteiger partial charge in [-0.15, -0.1) is 6.58 Å². The van der Waals surface area contributed by atoms with Gasteiger partial charge in [-0.25, -0.2) is 4.79 Å². The summed E-state index contributed by atoms with van der Waals surface area (Å²) in [6.07, 6.45) is 1.58. The lowest BCUT2D eigenvalue weighted by molar-refractivity contribution is 0.0750. The summed E-state index contributed by atoms with van der Waals surface area (Å²) in [5, 5.41) is 0.539. The molecule has 6 nitrogen and oxygen atoms in total. The molecule has 24 heavy (non-hydrogen) atoms. The second-order valence-corrected chi connectivity index (χ2v) is 5.74. The predicted octanol–water partition coefficient (Wildman–Crippen LogP) is 1.57. The Kier molecular flexibility index (Phi) is 5.41. The maximum absolute atomic E-state index is 12.8. The van der Waals surface area contributed by atoms with Crippen molar-refractivity contribution in [3.8, 4) is 0 Å². The maximum atomic E-state index is 12.8. The molecule has 0 bridgehead atoms. The van der Waals surface area contributed by atoms with E-state index in [1.54, 1.807) is 18.2 Å². The first kappa shape index (κ1) is 17.7. The van der Waals surface area contributed by atoms with E-state index in [0.717, 1.165) is 20.8 Å². The van der Waals surface area contributed by atoms with Crippen molar-refractivity contribution in [3.05, 3.63) is 80.1 Å². The van der Waals surface area contributed by atoms with Crippen molar-refractivity contribution in [1.82, 2.24) is 14.0 Å². The number of hydrogen-bond donors (Lipinski definition) is 0. The molecule has 2 rings (SSSR count). The van der Waals surface area contributed by atoms with Crippen LogP contribution in [0.2, 0.25) is 5.02 Å². The zero-order chi connectivity index (χ0) is 17.9. The van der Waals surface area contributed by atoms with Gasteiger partial charge in [-0.3, -0.25) is 18.7 Å². The zero-order valence-electron chi connectivity index (χ0n) is 13.5. The molecule has 0 spiro atoms. The number of carbonyl (C=O) groups is 1. The Bertz CT molecular complexity index is 899. The summed E-state index contributed by atoms with van der Waals surface area (Å²) in [6, 6.07) is 8.34. The number of halogens is 1. The molecule has 1 aromatic heterocycles. The number of nitrogens with zero attached hydrogens (tertiary/aromatic N) is 3. The molecule has 7 heteroatoms. The molecule has 1 heterocycles. The van der Waals surface area contributed by atoms with Gasteiger partial charge in [0, 0.05) is 38.3 Å². The van der Waals surface area contributed by atoms with Gasteiger partial charge >= 0.3 is 5.69 Å². The van der Waals surface area contributed by atoms with Gasteiger partial charge in [0.1, 0.15) is 5.69 Å². The Labute approximate surface area is 144 Å². The van der Waals surface area contributed by atoms with E-state index in [1.807, 2.05) is 12.1 Å². The Hall–Kier alpha value is -2.60. The number of benzene rings is 1. The molecule has 0 radical (unpaired) electrons. The van der Waals surface area contributed by atoms with Crippen LogP contribution in [0.15, 0.2) is 52.6 Å². The summed E-state index contributed by atoms with van der Waals surface area (Å²) in [5.74, 6) is -0.438. The highest BCUT2D eigenvalue weighted by Gasteiger charge is 2.20. The molecular formula is C17H18ClN3O3. The van der Waals surface area contributed by atoms with Crippen LogP contribution in [0, 0.1) is 0 Å². The average Bonchev–Trinajstić information content (AvgIpc) is 2.57. The monoisotopic (exact) mass is 347 g/mol. The first-order valence-corrected chi connectivity index (χ1v) is 7.65. The van der Waals surface area contributed by atoms with E-state index in [4.69, 9.17) is 11.6 Å². The number of aromatic nitrogens is 2. The van der Waals surface area contributed by atoms with Crippen LogP contribution in [0.4, 0.5) is 0 Å². The third-order valence-electron chi connectivity index (χ3n) is 3.70. The highest BCUT2D eigenvalue weighted by molar-refractivity contribution is 6.31. The highest BCUT2D eigenvalue weighted by atomic mass is 35.5. The number of rotatable bonds is 5. The van der Waals surface area contributed by atoms with Crippen molar-refractivity contribution in [2.45, 2.75) is 6.54 Å². The fraction of sp³-hybridized carbons (Fsp3) is 0.235. The molecule has 0 aliphatic rings. The molecule has 1 amide bonds. The maximum Gasteiger partial charge on any atom is 0.331 e. The quantitative estimate of drug-likeness (QED) is 0.771. The minimum atomic E-state index is -0.554. The highest BCUT2D eigenvalue weighted by Crippen LogP contribution is 2.18. The summed E-state index contributed by atoms with van der Waals surface area (Å²) in [7, 11) is 2.82. The third kappa shape index (κ3) is 3.49. The van der Waals surface area contributed by atoms with Crippen LogP contribution in [0.5, 0.6) is 0 Å². The Balaban J connectivity index is 2.44. The van der Waals surface area contributed by atoms with Crippen LogP contribution in [0.25, 0.3) is 0 Å². The minimum absolute atomic E-state index is 0.0250. The van der Waals surface area contributed by atoms with Gasteiger partial charge in [0.15, 0.2) is 0 Å². The second kappa shape index (κ2) is 7.31. The average molecular weight is 348 g/mol. The Morgan fingerprint density at radius 1 is 1.25 bits per heavy atom. The predicted molar refractivity (Wildman–Crippen MR) is 93.3 cm³/mol. The molecule has 0 fully saturated rings. The minimum Gasteiger partial charge on any atom is -0.329 e. The van der Waals surface area contributed by atoms with Crippen molar-refractivity contribution >= 4 is 17.5 Å². The van der Waals surface area contributed by atoms with Crippen LogP contribution >= 0.6 is 11.6 Å². The first-order chi connectivity index (χ1) is 11.4. The van der Waals surface area contributed by atoms with E-state index in [2.05, 4.69) is 6.58 Å². The van der Waals surface area contributed by atoms with Crippen molar-refractivity contribution in [1.29, 1.82) is 0 Å². The van der Waals surface area contributed by atoms with Gasteiger partial charge in [-0.05, 0) is 11.6 Å². The Morgan fingerprint density at radius 2 is 1.92 bits per heavy atom. The summed E-state index contributed by atoms with van der Waals surface area (Å²) in [5.41, 5.74) is -0.292. The summed E-state index contributed by atoms with van der Waals surface area (Å²) >= 11 is 6.15. The summed E-state index contributed by atoms with van der Waals surface area (Å²) in [6.45, 7) is 4.15. The van der Waals surface area contributed by atoms with E-state index < -0.39 is 17.2 Å². The SMILES string of the molecule is C=CCN(Cc1ccccc1Cl)C(=O)c1cc(=O)n(C)c(=O)n1C. The summed E-state index contributed by atoms with van der Waals surface area (Å²) < 4.78 is 2.11. The van der Waals surface area contributed by atoms with Crippen LogP contribution in [-0.2, 0) is 20.6 Å². The number of amides is 1. The number of carbonyl (C=O) groups excluding carboxylic acids is 1. The van der Waals surface area contributed by atoms with Crippen molar-refractivity contribution in [2.75, 3.05) is 6.54 Å². The van der Waals surface area contributed by atoms with Gasteiger partial charge in [0.25, 0.3) is 11.5 Å². The second-order valence-electron chi connectivity index (χ2n) is 5.33. The van der Waals surface area contributed by atoms with Crippen LogP contribution in [0.1, 0.15) is 16.1 Å². The first-order valence-electron chi connectivity index (χ1n) is 7.27. The van der Waals surface area contributed by atoms with Gasteiger partial charge in [-0.1, -0.05) is 35.9 Å². The Morgan fingerprint density at radius 3 is 2.54 bits per heavy atom. The lowest BCUT2D eigenvalue weighted by atomic mass is 10.2. The van der Waals surface area contributed by atoms with Gasteiger partial charge < -0.3 is 4.90 Å². The smallest absolute Gasteiger partial charge is 0.329 e. The molecule has 0 atom stereocenters.